The zero-order valence-corrected chi connectivity index (χ0v) is 6.89. The van der Waals surface area contributed by atoms with Gasteiger partial charge in [0.1, 0.15) is 0 Å². The predicted octanol–water partition coefficient (Wildman–Crippen LogP) is -3.34. The molecule has 0 aromatic carbocycles. The van der Waals surface area contributed by atoms with Gasteiger partial charge in [-0.3, -0.25) is 4.79 Å². The quantitative estimate of drug-likeness (QED) is 0.278. The van der Waals surface area contributed by atoms with Crippen molar-refractivity contribution in [1.29, 1.82) is 0 Å². The summed E-state index contributed by atoms with van der Waals surface area (Å²) in [5.74, 6) is -0.481. The van der Waals surface area contributed by atoms with Gasteiger partial charge in [0.2, 0.25) is 5.91 Å². The summed E-state index contributed by atoms with van der Waals surface area (Å²) in [6.07, 6.45) is 1.06. The van der Waals surface area contributed by atoms with Gasteiger partial charge in [-0.2, -0.15) is 0 Å². The molecule has 0 bridgehead atoms. The van der Waals surface area contributed by atoms with Gasteiger partial charge in [-0.15, -0.1) is 0 Å². The smallest absolute Gasteiger partial charge is 0.366 e. The molecule has 0 aliphatic heterocycles. The molecule has 0 rings (SSSR count). The van der Waals surface area contributed by atoms with Crippen LogP contribution in [0.1, 0.15) is 0 Å². The van der Waals surface area contributed by atoms with E-state index in [2.05, 4.69) is 12.3 Å². The fraction of sp³-hybridized carbons (Fsp3) is 0. The van der Waals surface area contributed by atoms with Gasteiger partial charge in [0.15, 0.2) is 0 Å². The number of carbonyl (C=O) groups is 1. The summed E-state index contributed by atoms with van der Waals surface area (Å²) in [5, 5.41) is 0. The number of rotatable bonds is 1. The molecule has 0 fully saturated rings. The van der Waals surface area contributed by atoms with Crippen molar-refractivity contribution in [2.45, 2.75) is 0 Å². The van der Waals surface area contributed by atoms with Gasteiger partial charge in [0, 0.05) is 0 Å². The van der Waals surface area contributed by atoms with Crippen LogP contribution in [-0.4, -0.2) is 5.91 Å². The van der Waals surface area contributed by atoms with Gasteiger partial charge >= 0.3 is 51.4 Å². The summed E-state index contributed by atoms with van der Waals surface area (Å²) >= 11 is 0. The van der Waals surface area contributed by atoms with E-state index in [9.17, 15) is 4.79 Å². The molecule has 0 unspecified atom stereocenters. The van der Waals surface area contributed by atoms with Crippen LogP contribution in [0.5, 0.6) is 0 Å². The van der Waals surface area contributed by atoms with E-state index in [-0.39, 0.29) is 51.4 Å². The van der Waals surface area contributed by atoms with Crippen LogP contribution in [-0.2, 0) is 4.79 Å². The van der Waals surface area contributed by atoms with Crippen molar-refractivity contribution >= 4 is 5.91 Å². The second-order valence-electron chi connectivity index (χ2n) is 0.606. The van der Waals surface area contributed by atoms with E-state index in [1.165, 1.54) is 0 Å². The van der Waals surface area contributed by atoms with E-state index in [4.69, 9.17) is 0 Å². The Morgan fingerprint density at radius 2 is 2.00 bits per heavy atom. The monoisotopic (exact) mass is 110 g/mol. The third kappa shape index (κ3) is 8.85. The first-order valence-corrected chi connectivity index (χ1v) is 1.19. The average Bonchev–Trinajstić information content (AvgIpc) is 1.38. The molecule has 0 saturated heterocycles. The first-order valence-electron chi connectivity index (χ1n) is 1.19. The molecular weight excluding hydrogens is 105 g/mol. The van der Waals surface area contributed by atoms with Gasteiger partial charge in [0.05, 0.1) is 0 Å². The number of nitrogens with two attached hydrogens (primary N) is 1. The minimum Gasteiger partial charge on any atom is -0.366 e. The Labute approximate surface area is 79.2 Å². The largest absolute Gasteiger partial charge is 1.00 e. The molecule has 0 aliphatic carbocycles. The second-order valence-corrected chi connectivity index (χ2v) is 0.606. The molecular formula is C3H5KNO+. The molecule has 6 heavy (non-hydrogen) atoms. The van der Waals surface area contributed by atoms with Crippen molar-refractivity contribution in [3.05, 3.63) is 12.7 Å². The van der Waals surface area contributed by atoms with Crippen LogP contribution >= 0.6 is 0 Å². The minimum absolute atomic E-state index is 0. The summed E-state index contributed by atoms with van der Waals surface area (Å²) in [4.78, 5) is 9.47. The summed E-state index contributed by atoms with van der Waals surface area (Å²) in [6, 6.07) is 0. The van der Waals surface area contributed by atoms with Crippen molar-refractivity contribution < 1.29 is 56.2 Å². The molecule has 0 aromatic heterocycles. The van der Waals surface area contributed by atoms with E-state index in [0.717, 1.165) is 6.08 Å². The molecule has 3 heteroatoms. The van der Waals surface area contributed by atoms with Crippen LogP contribution in [0.4, 0.5) is 0 Å². The molecule has 0 aliphatic rings. The van der Waals surface area contributed by atoms with Gasteiger partial charge in [-0.1, -0.05) is 6.58 Å². The van der Waals surface area contributed by atoms with Crippen molar-refractivity contribution in [1.82, 2.24) is 0 Å². The topological polar surface area (TPSA) is 43.1 Å². The van der Waals surface area contributed by atoms with Crippen molar-refractivity contribution in [3.8, 4) is 0 Å². The fourth-order valence-electron chi connectivity index (χ4n) is 0. The second kappa shape index (κ2) is 5.85. The van der Waals surface area contributed by atoms with Crippen molar-refractivity contribution in [2.75, 3.05) is 0 Å². The van der Waals surface area contributed by atoms with Crippen molar-refractivity contribution in [3.63, 3.8) is 0 Å². The Kier molecular flexibility index (Phi) is 9.71. The Balaban J connectivity index is 0. The zero-order valence-electron chi connectivity index (χ0n) is 3.77. The first kappa shape index (κ1) is 9.96. The van der Waals surface area contributed by atoms with Crippen LogP contribution in [0.25, 0.3) is 0 Å². The minimum atomic E-state index is -0.481. The number of hydrogen-bond acceptors (Lipinski definition) is 1. The van der Waals surface area contributed by atoms with Crippen LogP contribution < -0.4 is 57.1 Å². The van der Waals surface area contributed by atoms with E-state index in [0.29, 0.717) is 0 Å². The van der Waals surface area contributed by atoms with Crippen molar-refractivity contribution in [2.24, 2.45) is 5.73 Å². The van der Waals surface area contributed by atoms with Gasteiger partial charge in [-0.05, 0) is 6.08 Å². The molecule has 0 aromatic rings. The number of amides is 1. The molecule has 0 spiro atoms. The van der Waals surface area contributed by atoms with Crippen LogP contribution in [0.2, 0.25) is 0 Å². The maximum Gasteiger partial charge on any atom is 1.00 e. The van der Waals surface area contributed by atoms with E-state index < -0.39 is 5.91 Å². The molecule has 0 radical (unpaired) electrons. The summed E-state index contributed by atoms with van der Waals surface area (Å²) < 4.78 is 0. The molecule has 2 N–H and O–H groups in total. The van der Waals surface area contributed by atoms with Gasteiger partial charge in [0.25, 0.3) is 0 Å². The Morgan fingerprint density at radius 3 is 2.00 bits per heavy atom. The Morgan fingerprint density at radius 1 is 1.83 bits per heavy atom. The third-order valence-corrected chi connectivity index (χ3v) is 0.201. The first-order chi connectivity index (χ1) is 2.27. The number of hydrogen-bond donors (Lipinski definition) is 1. The molecule has 1 amide bonds. The fourth-order valence-corrected chi connectivity index (χ4v) is 0. The predicted molar refractivity (Wildman–Crippen MR) is 19.4 cm³/mol. The zero-order chi connectivity index (χ0) is 4.28. The maximum absolute atomic E-state index is 9.47. The van der Waals surface area contributed by atoms with E-state index >= 15 is 0 Å². The molecule has 0 atom stereocenters. The average molecular weight is 110 g/mol. The summed E-state index contributed by atoms with van der Waals surface area (Å²) in [6.45, 7) is 3.09. The Bertz CT molecular complexity index is 61.8. The van der Waals surface area contributed by atoms with Crippen LogP contribution in [0, 0.1) is 0 Å². The molecule has 2 nitrogen and oxygen atoms in total. The van der Waals surface area contributed by atoms with Crippen LogP contribution in [0.3, 0.4) is 0 Å². The van der Waals surface area contributed by atoms with Gasteiger partial charge < -0.3 is 5.73 Å². The summed E-state index contributed by atoms with van der Waals surface area (Å²) in [5.41, 5.74) is 4.53. The van der Waals surface area contributed by atoms with E-state index in [1.54, 1.807) is 0 Å². The summed E-state index contributed by atoms with van der Waals surface area (Å²) in [7, 11) is 0. The van der Waals surface area contributed by atoms with Gasteiger partial charge in [-0.25, -0.2) is 0 Å². The normalized spacial score (nSPS) is 5.33. The molecule has 0 heterocycles. The number of primary amides is 1. The standard InChI is InChI=1S/C3H5NO.K/c1-2-3(4)5;/h2H,1H2,(H2,4,5);/q;+1. The number of carbonyl (C=O) groups excluding carboxylic acids is 1. The molecule has 0 saturated carbocycles. The molecule has 28 valence electrons. The maximum atomic E-state index is 9.47. The SMILES string of the molecule is C=CC(N)=O.[K+]. The third-order valence-electron chi connectivity index (χ3n) is 0.201. The Hall–Kier alpha value is 0.846. The van der Waals surface area contributed by atoms with E-state index in [1.807, 2.05) is 0 Å². The van der Waals surface area contributed by atoms with Crippen LogP contribution in [0.15, 0.2) is 12.7 Å².